The first-order chi connectivity index (χ1) is 18.5. The normalized spacial score (nSPS) is 16.1. The summed E-state index contributed by atoms with van der Waals surface area (Å²) in [6.07, 6.45) is 3.76. The van der Waals surface area contributed by atoms with Crippen molar-refractivity contribution in [2.75, 3.05) is 18.4 Å². The van der Waals surface area contributed by atoms with Crippen LogP contribution in [0.25, 0.3) is 11.1 Å². The van der Waals surface area contributed by atoms with E-state index in [0.29, 0.717) is 23.1 Å². The van der Waals surface area contributed by atoms with E-state index < -0.39 is 36.4 Å². The summed E-state index contributed by atoms with van der Waals surface area (Å²) in [6, 6.07) is 8.96. The maximum absolute atomic E-state index is 13.5. The Morgan fingerprint density at radius 3 is 2.46 bits per heavy atom. The molecule has 1 aliphatic carbocycles. The Kier molecular flexibility index (Phi) is 6.84. The van der Waals surface area contributed by atoms with Crippen molar-refractivity contribution in [3.63, 3.8) is 0 Å². The number of hydrogen-bond donors (Lipinski definition) is 1. The number of hydrogen-bond acceptors (Lipinski definition) is 5. The number of nitrogens with zero attached hydrogens (tertiary/aromatic N) is 3. The third-order valence-corrected chi connectivity index (χ3v) is 6.97. The fourth-order valence-corrected chi connectivity index (χ4v) is 4.72. The Bertz CT molecular complexity index is 1560. The molecule has 2 aliphatic rings. The Labute approximate surface area is 227 Å². The lowest BCUT2D eigenvalue weighted by Crippen LogP contribution is -2.58. The van der Waals surface area contributed by atoms with Crippen LogP contribution in [0.4, 0.5) is 14.6 Å². The number of carbonyl (C=O) groups excluding carboxylic acids is 3. The van der Waals surface area contributed by atoms with Crippen LogP contribution in [0.15, 0.2) is 47.4 Å². The summed E-state index contributed by atoms with van der Waals surface area (Å²) >= 11 is 6.16. The van der Waals surface area contributed by atoms with Crippen LogP contribution in [-0.2, 0) is 0 Å². The van der Waals surface area contributed by atoms with Gasteiger partial charge in [0.05, 0.1) is 13.1 Å². The number of nitrogens with one attached hydrogen (secondary N) is 1. The van der Waals surface area contributed by atoms with Crippen LogP contribution in [0, 0.1) is 0 Å². The standard InChI is InChI=1S/C28H25ClF2N4O4/c1-15(2)35-11-16(12-36)7-22(27(35)39)25(37)33-24-9-18(8-23(32-24)17-3-4-17)20-6-5-19(29)10-21(20)26(38)34-13-28(30,31)14-34/h5-12,15,17H,3-4,13-14H2,1-2H3,(H,32,33,37). The van der Waals surface area contributed by atoms with E-state index in [1.54, 1.807) is 38.1 Å². The number of amides is 2. The van der Waals surface area contributed by atoms with Crippen LogP contribution in [-0.4, -0.2) is 51.6 Å². The predicted molar refractivity (Wildman–Crippen MR) is 142 cm³/mol. The van der Waals surface area contributed by atoms with Crippen molar-refractivity contribution in [1.82, 2.24) is 14.5 Å². The summed E-state index contributed by atoms with van der Waals surface area (Å²) in [5.74, 6) is -3.92. The van der Waals surface area contributed by atoms with Crippen molar-refractivity contribution >= 4 is 35.5 Å². The second kappa shape index (κ2) is 10.00. The minimum absolute atomic E-state index is 0.148. The molecule has 3 aromatic rings. The quantitative estimate of drug-likeness (QED) is 0.406. The van der Waals surface area contributed by atoms with Gasteiger partial charge in [0.15, 0.2) is 6.29 Å². The number of likely N-dealkylation sites (tertiary alicyclic amines) is 1. The molecule has 1 aliphatic heterocycles. The maximum Gasteiger partial charge on any atom is 0.282 e. The zero-order chi connectivity index (χ0) is 28.1. The predicted octanol–water partition coefficient (Wildman–Crippen LogP) is 5.18. The summed E-state index contributed by atoms with van der Waals surface area (Å²) in [4.78, 5) is 56.3. The van der Waals surface area contributed by atoms with Gasteiger partial charge in [-0.3, -0.25) is 19.2 Å². The van der Waals surface area contributed by atoms with Crippen molar-refractivity contribution in [3.8, 4) is 11.1 Å². The summed E-state index contributed by atoms with van der Waals surface area (Å²) in [5.41, 5.74) is 1.24. The van der Waals surface area contributed by atoms with Crippen LogP contribution in [0.5, 0.6) is 0 Å². The first kappa shape index (κ1) is 26.7. The zero-order valence-corrected chi connectivity index (χ0v) is 22.0. The molecular formula is C28H25ClF2N4O4. The van der Waals surface area contributed by atoms with Crippen LogP contribution in [0.3, 0.4) is 0 Å². The van der Waals surface area contributed by atoms with Crippen molar-refractivity contribution in [2.45, 2.75) is 44.6 Å². The molecule has 8 nitrogen and oxygen atoms in total. The highest BCUT2D eigenvalue weighted by atomic mass is 35.5. The number of anilines is 1. The first-order valence-corrected chi connectivity index (χ1v) is 12.9. The molecule has 2 aromatic heterocycles. The lowest BCUT2D eigenvalue weighted by atomic mass is 9.96. The highest BCUT2D eigenvalue weighted by Gasteiger charge is 2.46. The van der Waals surface area contributed by atoms with Gasteiger partial charge < -0.3 is 14.8 Å². The van der Waals surface area contributed by atoms with E-state index in [9.17, 15) is 28.0 Å². The molecule has 11 heteroatoms. The van der Waals surface area contributed by atoms with Gasteiger partial charge in [0.2, 0.25) is 0 Å². The highest BCUT2D eigenvalue weighted by Crippen LogP contribution is 2.42. The van der Waals surface area contributed by atoms with Gasteiger partial charge in [0, 0.05) is 40.0 Å². The average molecular weight is 555 g/mol. The molecule has 0 unspecified atom stereocenters. The van der Waals surface area contributed by atoms with E-state index in [-0.39, 0.29) is 39.5 Å². The van der Waals surface area contributed by atoms with Crippen LogP contribution in [0.1, 0.15) is 75.4 Å². The van der Waals surface area contributed by atoms with E-state index >= 15 is 0 Å². The van der Waals surface area contributed by atoms with E-state index in [1.807, 2.05) is 0 Å². The molecule has 0 spiro atoms. The van der Waals surface area contributed by atoms with E-state index in [4.69, 9.17) is 11.6 Å². The Balaban J connectivity index is 1.53. The minimum atomic E-state index is -2.92. The van der Waals surface area contributed by atoms with Gasteiger partial charge >= 0.3 is 0 Å². The Morgan fingerprint density at radius 1 is 1.13 bits per heavy atom. The molecule has 1 saturated carbocycles. The van der Waals surface area contributed by atoms with Crippen LogP contribution < -0.4 is 10.9 Å². The Morgan fingerprint density at radius 2 is 1.85 bits per heavy atom. The smallest absolute Gasteiger partial charge is 0.282 e. The van der Waals surface area contributed by atoms with Gasteiger partial charge in [-0.1, -0.05) is 17.7 Å². The number of rotatable bonds is 7. The monoisotopic (exact) mass is 554 g/mol. The number of benzene rings is 1. The first-order valence-electron chi connectivity index (χ1n) is 12.5. The number of carbonyl (C=O) groups is 3. The van der Waals surface area contributed by atoms with Crippen molar-refractivity contribution in [3.05, 3.63) is 80.4 Å². The molecular weight excluding hydrogens is 530 g/mol. The average Bonchev–Trinajstić information content (AvgIpc) is 3.72. The third kappa shape index (κ3) is 5.47. The summed E-state index contributed by atoms with van der Waals surface area (Å²) in [5, 5.41) is 2.94. The van der Waals surface area contributed by atoms with Gasteiger partial charge in [0.25, 0.3) is 23.3 Å². The highest BCUT2D eigenvalue weighted by molar-refractivity contribution is 6.31. The molecule has 1 N–H and O–H groups in total. The van der Waals surface area contributed by atoms with E-state index in [0.717, 1.165) is 17.7 Å². The molecule has 1 aromatic carbocycles. The fourth-order valence-electron chi connectivity index (χ4n) is 4.55. The number of alkyl halides is 2. The third-order valence-electron chi connectivity index (χ3n) is 6.74. The lowest BCUT2D eigenvalue weighted by Gasteiger charge is -2.39. The zero-order valence-electron chi connectivity index (χ0n) is 21.2. The summed E-state index contributed by atoms with van der Waals surface area (Å²) in [6.45, 7) is 2.18. The molecule has 202 valence electrons. The molecule has 2 fully saturated rings. The maximum atomic E-state index is 13.5. The summed E-state index contributed by atoms with van der Waals surface area (Å²) in [7, 11) is 0. The molecule has 2 amide bonds. The Hall–Kier alpha value is -3.92. The second-order valence-electron chi connectivity index (χ2n) is 10.2. The van der Waals surface area contributed by atoms with Crippen molar-refractivity contribution in [1.29, 1.82) is 0 Å². The van der Waals surface area contributed by atoms with Crippen molar-refractivity contribution < 1.29 is 23.2 Å². The summed E-state index contributed by atoms with van der Waals surface area (Å²) < 4.78 is 28.2. The number of aldehydes is 1. The molecule has 3 heterocycles. The minimum Gasteiger partial charge on any atom is -0.326 e. The van der Waals surface area contributed by atoms with E-state index in [1.165, 1.54) is 22.9 Å². The van der Waals surface area contributed by atoms with Gasteiger partial charge in [-0.2, -0.15) is 0 Å². The molecule has 0 radical (unpaired) electrons. The van der Waals surface area contributed by atoms with Gasteiger partial charge in [0.1, 0.15) is 11.4 Å². The molecule has 39 heavy (non-hydrogen) atoms. The number of aromatic nitrogens is 2. The largest absolute Gasteiger partial charge is 0.326 e. The van der Waals surface area contributed by atoms with Gasteiger partial charge in [-0.25, -0.2) is 13.8 Å². The lowest BCUT2D eigenvalue weighted by molar-refractivity contribution is -0.113. The second-order valence-corrected chi connectivity index (χ2v) is 10.6. The number of pyridine rings is 2. The number of halogens is 3. The van der Waals surface area contributed by atoms with Crippen LogP contribution >= 0.6 is 11.6 Å². The fraction of sp³-hybridized carbons (Fsp3) is 0.321. The van der Waals surface area contributed by atoms with Gasteiger partial charge in [-0.15, -0.1) is 0 Å². The molecule has 1 saturated heterocycles. The molecule has 5 rings (SSSR count). The molecule has 0 bridgehead atoms. The molecule has 0 atom stereocenters. The van der Waals surface area contributed by atoms with E-state index in [2.05, 4.69) is 10.3 Å². The van der Waals surface area contributed by atoms with Crippen LogP contribution in [0.2, 0.25) is 5.02 Å². The topological polar surface area (TPSA) is 101 Å². The van der Waals surface area contributed by atoms with Gasteiger partial charge in [-0.05, 0) is 68.1 Å². The SMILES string of the molecule is CC(C)n1cc(C=O)cc(C(=O)Nc2cc(-c3ccc(Cl)cc3C(=O)N3CC(F)(F)C3)cc(C3CC3)n2)c1=O. The van der Waals surface area contributed by atoms with Crippen molar-refractivity contribution in [2.24, 2.45) is 0 Å².